The van der Waals surface area contributed by atoms with Crippen LogP contribution in [0.5, 0.6) is 11.5 Å². The van der Waals surface area contributed by atoms with Gasteiger partial charge < -0.3 is 14.8 Å². The number of hydrogen-bond acceptors (Lipinski definition) is 5. The van der Waals surface area contributed by atoms with E-state index in [0.29, 0.717) is 27.9 Å². The molecular weight excluding hydrogens is 360 g/mol. The van der Waals surface area contributed by atoms with E-state index in [4.69, 9.17) is 21.1 Å². The molecule has 0 aliphatic carbocycles. The number of thiazole rings is 1. The van der Waals surface area contributed by atoms with Gasteiger partial charge in [-0.25, -0.2) is 4.98 Å². The van der Waals surface area contributed by atoms with E-state index >= 15 is 0 Å². The molecule has 25 heavy (non-hydrogen) atoms. The predicted molar refractivity (Wildman–Crippen MR) is 100 cm³/mol. The third kappa shape index (κ3) is 3.92. The Morgan fingerprint density at radius 1 is 1.12 bits per heavy atom. The molecule has 2 aromatic carbocycles. The fraction of sp³-hybridized carbons (Fsp3) is 0.111. The number of nitrogens with one attached hydrogen (secondary N) is 1. The lowest BCUT2D eigenvalue weighted by molar-refractivity contribution is 0.102. The zero-order valence-electron chi connectivity index (χ0n) is 13.6. The summed E-state index contributed by atoms with van der Waals surface area (Å²) in [6.07, 6.45) is 0. The fourth-order valence-electron chi connectivity index (χ4n) is 2.24. The van der Waals surface area contributed by atoms with Crippen molar-refractivity contribution in [3.63, 3.8) is 0 Å². The summed E-state index contributed by atoms with van der Waals surface area (Å²) in [5.74, 6) is 0.965. The molecule has 3 rings (SSSR count). The van der Waals surface area contributed by atoms with Crippen molar-refractivity contribution in [2.75, 3.05) is 19.5 Å². The molecule has 3 aromatic rings. The van der Waals surface area contributed by atoms with Crippen LogP contribution in [-0.4, -0.2) is 25.1 Å². The van der Waals surface area contributed by atoms with Gasteiger partial charge in [0.15, 0.2) is 11.5 Å². The first kappa shape index (κ1) is 17.3. The van der Waals surface area contributed by atoms with Crippen LogP contribution in [0.15, 0.2) is 47.8 Å². The number of aromatic nitrogens is 1. The minimum atomic E-state index is -0.287. The SMILES string of the molecule is COc1ccc(-c2nc(C(=O)Nc3cccc(Cl)c3)cs2)cc1OC. The summed E-state index contributed by atoms with van der Waals surface area (Å²) in [6, 6.07) is 12.5. The number of methoxy groups -OCH3 is 2. The Morgan fingerprint density at radius 2 is 1.92 bits per heavy atom. The summed E-state index contributed by atoms with van der Waals surface area (Å²) in [4.78, 5) is 16.7. The van der Waals surface area contributed by atoms with E-state index in [1.54, 1.807) is 49.9 Å². The van der Waals surface area contributed by atoms with Gasteiger partial charge in [0.25, 0.3) is 5.91 Å². The van der Waals surface area contributed by atoms with Crippen LogP contribution in [0.25, 0.3) is 10.6 Å². The molecule has 0 atom stereocenters. The summed E-state index contributed by atoms with van der Waals surface area (Å²) in [7, 11) is 3.16. The Kier molecular flexibility index (Phi) is 5.21. The Morgan fingerprint density at radius 3 is 2.64 bits per heavy atom. The van der Waals surface area contributed by atoms with Crippen LogP contribution in [0.2, 0.25) is 5.02 Å². The van der Waals surface area contributed by atoms with Crippen molar-refractivity contribution in [1.29, 1.82) is 0 Å². The lowest BCUT2D eigenvalue weighted by Gasteiger charge is -2.08. The van der Waals surface area contributed by atoms with Crippen LogP contribution >= 0.6 is 22.9 Å². The summed E-state index contributed by atoms with van der Waals surface area (Å²) < 4.78 is 10.5. The Hall–Kier alpha value is -2.57. The van der Waals surface area contributed by atoms with Crippen molar-refractivity contribution in [2.45, 2.75) is 0 Å². The number of rotatable bonds is 5. The normalized spacial score (nSPS) is 10.4. The van der Waals surface area contributed by atoms with Crippen LogP contribution in [-0.2, 0) is 0 Å². The van der Waals surface area contributed by atoms with Crippen LogP contribution in [0.1, 0.15) is 10.5 Å². The highest BCUT2D eigenvalue weighted by Crippen LogP contribution is 2.33. The van der Waals surface area contributed by atoms with Crippen molar-refractivity contribution in [3.8, 4) is 22.1 Å². The number of carbonyl (C=O) groups is 1. The summed E-state index contributed by atoms with van der Waals surface area (Å²) in [6.45, 7) is 0. The Balaban J connectivity index is 1.81. The van der Waals surface area contributed by atoms with E-state index in [1.165, 1.54) is 11.3 Å². The molecule has 7 heteroatoms. The summed E-state index contributed by atoms with van der Waals surface area (Å²) in [5, 5.41) is 5.77. The smallest absolute Gasteiger partial charge is 0.275 e. The monoisotopic (exact) mass is 374 g/mol. The molecule has 0 aliphatic rings. The number of amides is 1. The zero-order valence-corrected chi connectivity index (χ0v) is 15.1. The quantitative estimate of drug-likeness (QED) is 0.701. The highest BCUT2D eigenvalue weighted by atomic mass is 35.5. The van der Waals surface area contributed by atoms with Gasteiger partial charge in [0.05, 0.1) is 14.2 Å². The van der Waals surface area contributed by atoms with Crippen molar-refractivity contribution in [2.24, 2.45) is 0 Å². The standard InChI is InChI=1S/C18H15ClN2O3S/c1-23-15-7-6-11(8-16(15)24-2)18-21-14(10-25-18)17(22)20-13-5-3-4-12(19)9-13/h3-10H,1-2H3,(H,20,22). The average molecular weight is 375 g/mol. The van der Waals surface area contributed by atoms with E-state index in [2.05, 4.69) is 10.3 Å². The fourth-order valence-corrected chi connectivity index (χ4v) is 3.23. The van der Waals surface area contributed by atoms with Gasteiger partial charge in [-0.2, -0.15) is 0 Å². The topological polar surface area (TPSA) is 60.5 Å². The van der Waals surface area contributed by atoms with E-state index < -0.39 is 0 Å². The molecule has 0 aliphatic heterocycles. The van der Waals surface area contributed by atoms with Crippen LogP contribution in [0.3, 0.4) is 0 Å². The highest BCUT2D eigenvalue weighted by Gasteiger charge is 2.14. The van der Waals surface area contributed by atoms with Gasteiger partial charge in [-0.3, -0.25) is 4.79 Å². The van der Waals surface area contributed by atoms with Crippen molar-refractivity contribution >= 4 is 34.5 Å². The van der Waals surface area contributed by atoms with Crippen molar-refractivity contribution in [3.05, 3.63) is 58.6 Å². The third-order valence-electron chi connectivity index (χ3n) is 3.45. The van der Waals surface area contributed by atoms with Gasteiger partial charge in [-0.1, -0.05) is 17.7 Å². The maximum absolute atomic E-state index is 12.3. The first-order valence-electron chi connectivity index (χ1n) is 7.35. The molecule has 1 aromatic heterocycles. The molecular formula is C18H15ClN2O3S. The van der Waals surface area contributed by atoms with Crippen LogP contribution in [0, 0.1) is 0 Å². The number of hydrogen-bond donors (Lipinski definition) is 1. The first-order valence-corrected chi connectivity index (χ1v) is 8.61. The van der Waals surface area contributed by atoms with Crippen LogP contribution < -0.4 is 14.8 Å². The summed E-state index contributed by atoms with van der Waals surface area (Å²) >= 11 is 7.31. The molecule has 0 saturated heterocycles. The summed E-state index contributed by atoms with van der Waals surface area (Å²) in [5.41, 5.74) is 1.82. The van der Waals surface area contributed by atoms with E-state index in [-0.39, 0.29) is 5.91 Å². The lowest BCUT2D eigenvalue weighted by atomic mass is 10.2. The molecule has 0 saturated carbocycles. The average Bonchev–Trinajstić information content (AvgIpc) is 3.11. The molecule has 5 nitrogen and oxygen atoms in total. The first-order chi connectivity index (χ1) is 12.1. The lowest BCUT2D eigenvalue weighted by Crippen LogP contribution is -2.12. The predicted octanol–water partition coefficient (Wildman–Crippen LogP) is 4.73. The number of anilines is 1. The van der Waals surface area contributed by atoms with Gasteiger partial charge in [-0.05, 0) is 36.4 Å². The van der Waals surface area contributed by atoms with Crippen LogP contribution in [0.4, 0.5) is 5.69 Å². The highest BCUT2D eigenvalue weighted by molar-refractivity contribution is 7.13. The number of nitrogens with zero attached hydrogens (tertiary/aromatic N) is 1. The van der Waals surface area contributed by atoms with E-state index in [9.17, 15) is 4.79 Å². The maximum atomic E-state index is 12.3. The molecule has 1 heterocycles. The molecule has 0 radical (unpaired) electrons. The van der Waals surface area contributed by atoms with Gasteiger partial charge >= 0.3 is 0 Å². The zero-order chi connectivity index (χ0) is 17.8. The number of ether oxygens (including phenoxy) is 2. The molecule has 0 fully saturated rings. The van der Waals surface area contributed by atoms with Gasteiger partial charge in [0.2, 0.25) is 0 Å². The molecule has 0 bridgehead atoms. The number of carbonyl (C=O) groups excluding carboxylic acids is 1. The van der Waals surface area contributed by atoms with Crippen molar-refractivity contribution < 1.29 is 14.3 Å². The second kappa shape index (κ2) is 7.55. The van der Waals surface area contributed by atoms with Gasteiger partial charge in [-0.15, -0.1) is 11.3 Å². The molecule has 1 amide bonds. The minimum absolute atomic E-state index is 0.287. The van der Waals surface area contributed by atoms with Crippen molar-refractivity contribution in [1.82, 2.24) is 4.98 Å². The van der Waals surface area contributed by atoms with E-state index in [1.807, 2.05) is 12.1 Å². The Labute approximate surface area is 154 Å². The second-order valence-corrected chi connectivity index (χ2v) is 6.37. The Bertz CT molecular complexity index is 911. The number of halogens is 1. The van der Waals surface area contributed by atoms with E-state index in [0.717, 1.165) is 10.6 Å². The van der Waals surface area contributed by atoms with Gasteiger partial charge in [0.1, 0.15) is 10.7 Å². The maximum Gasteiger partial charge on any atom is 0.275 e. The molecule has 0 unspecified atom stereocenters. The second-order valence-electron chi connectivity index (χ2n) is 5.07. The van der Waals surface area contributed by atoms with Gasteiger partial charge in [0, 0.05) is 21.7 Å². The molecule has 1 N–H and O–H groups in total. The number of benzene rings is 2. The third-order valence-corrected chi connectivity index (χ3v) is 4.58. The molecule has 0 spiro atoms. The largest absolute Gasteiger partial charge is 0.493 e. The molecule has 128 valence electrons. The minimum Gasteiger partial charge on any atom is -0.493 e.